The third kappa shape index (κ3) is 5.18. The Labute approximate surface area is 172 Å². The Morgan fingerprint density at radius 3 is 2.46 bits per heavy atom. The topological polar surface area (TPSA) is 12.4 Å². The Hall–Kier alpha value is -0.690. The fourth-order valence-electron chi connectivity index (χ4n) is 3.63. The van der Waals surface area contributed by atoms with E-state index in [-0.39, 0.29) is 0 Å². The maximum atomic E-state index is 4.85. The molecule has 1 saturated heterocycles. The number of aliphatic imine (C=N–C) groups is 1. The van der Waals surface area contributed by atoms with E-state index in [1.165, 1.54) is 49.4 Å². The fourth-order valence-corrected chi connectivity index (χ4v) is 14.5. The van der Waals surface area contributed by atoms with Crippen molar-refractivity contribution in [2.45, 2.75) is 25.7 Å². The summed E-state index contributed by atoms with van der Waals surface area (Å²) in [5.74, 6) is 0.911. The van der Waals surface area contributed by atoms with Crippen LogP contribution in [0.4, 0.5) is 0 Å². The number of alkyl halides is 3. The number of nitrogens with zero attached hydrogens (tertiary/aromatic N) is 1. The van der Waals surface area contributed by atoms with Crippen LogP contribution in [0.2, 0.25) is 0 Å². The Kier molecular flexibility index (Phi) is 6.81. The van der Waals surface area contributed by atoms with Crippen molar-refractivity contribution >= 4 is 43.9 Å². The standard InChI is InChI=1S/C23H27I2N/c1-3-8-20(9-4-1)16-21-10-7-14-24(15-13-21)17-23-18-25(19-26-23)22-11-5-2-6-12-22/h1-6,8-9,11-12,18-19,21H,7,10,13-17H2. The van der Waals surface area contributed by atoms with Crippen LogP contribution in [0.15, 0.2) is 75.4 Å². The van der Waals surface area contributed by atoms with Gasteiger partial charge in [0.1, 0.15) is 0 Å². The van der Waals surface area contributed by atoms with Gasteiger partial charge in [-0.25, -0.2) is 0 Å². The summed E-state index contributed by atoms with van der Waals surface area (Å²) in [4.78, 5) is 4.85. The summed E-state index contributed by atoms with van der Waals surface area (Å²) < 4.78 is 10.8. The van der Waals surface area contributed by atoms with Crippen molar-refractivity contribution in [3.8, 4) is 0 Å². The van der Waals surface area contributed by atoms with E-state index in [4.69, 9.17) is 4.99 Å². The van der Waals surface area contributed by atoms with Gasteiger partial charge in [-0.05, 0) is 0 Å². The predicted molar refractivity (Wildman–Crippen MR) is 132 cm³/mol. The van der Waals surface area contributed by atoms with Gasteiger partial charge in [0.05, 0.1) is 0 Å². The summed E-state index contributed by atoms with van der Waals surface area (Å²) >= 11 is -2.10. The quantitative estimate of drug-likeness (QED) is 0.277. The Bertz CT molecular complexity index is 754. The normalized spacial score (nSPS) is 22.9. The van der Waals surface area contributed by atoms with Crippen molar-refractivity contribution in [3.63, 3.8) is 0 Å². The van der Waals surface area contributed by atoms with Gasteiger partial charge in [-0.15, -0.1) is 0 Å². The molecule has 1 fully saturated rings. The molecule has 2 aliphatic rings. The monoisotopic (exact) mass is 571 g/mol. The first-order valence-electron chi connectivity index (χ1n) is 9.45. The zero-order chi connectivity index (χ0) is 17.6. The molecule has 138 valence electrons. The van der Waals surface area contributed by atoms with Crippen LogP contribution < -0.4 is 0 Å². The third-order valence-corrected chi connectivity index (χ3v) is 15.8. The number of rotatable bonds is 5. The van der Waals surface area contributed by atoms with E-state index in [0.29, 0.717) is 0 Å². The summed E-state index contributed by atoms with van der Waals surface area (Å²) in [6.07, 6.45) is 5.64. The zero-order valence-electron chi connectivity index (χ0n) is 15.2. The molecule has 0 N–H and O–H groups in total. The van der Waals surface area contributed by atoms with Crippen molar-refractivity contribution in [1.29, 1.82) is 0 Å². The molecule has 0 aliphatic carbocycles. The molecule has 0 aromatic heterocycles. The van der Waals surface area contributed by atoms with Crippen LogP contribution in [0, 0.1) is 9.49 Å². The minimum absolute atomic E-state index is 0.839. The van der Waals surface area contributed by atoms with Gasteiger partial charge in [-0.1, -0.05) is 0 Å². The van der Waals surface area contributed by atoms with Gasteiger partial charge in [-0.3, -0.25) is 0 Å². The molecular formula is C23H27I2N. The predicted octanol–water partition coefficient (Wildman–Crippen LogP) is 6.80. The summed E-state index contributed by atoms with van der Waals surface area (Å²) in [6.45, 7) is 0. The molecule has 0 spiro atoms. The Morgan fingerprint density at radius 1 is 0.885 bits per heavy atom. The molecule has 2 aliphatic heterocycles. The molecule has 3 heteroatoms. The average molecular weight is 571 g/mol. The molecule has 0 radical (unpaired) electrons. The second-order valence-corrected chi connectivity index (χ2v) is 17.6. The van der Waals surface area contributed by atoms with E-state index in [0.717, 1.165) is 5.92 Å². The molecule has 4 rings (SSSR count). The molecular weight excluding hydrogens is 544 g/mol. The van der Waals surface area contributed by atoms with E-state index in [9.17, 15) is 0 Å². The number of allylic oxidation sites excluding steroid dienone is 1. The average Bonchev–Trinajstić information content (AvgIpc) is 3.05. The summed E-state index contributed by atoms with van der Waals surface area (Å²) in [5, 5.41) is 0. The van der Waals surface area contributed by atoms with Crippen LogP contribution in [-0.2, 0) is 6.42 Å². The van der Waals surface area contributed by atoms with Gasteiger partial charge in [0.25, 0.3) is 0 Å². The molecule has 1 unspecified atom stereocenters. The van der Waals surface area contributed by atoms with Crippen molar-refractivity contribution in [3.05, 3.63) is 79.6 Å². The van der Waals surface area contributed by atoms with Crippen molar-refractivity contribution in [2.24, 2.45) is 10.9 Å². The van der Waals surface area contributed by atoms with Crippen LogP contribution in [0.1, 0.15) is 24.8 Å². The number of benzene rings is 2. The Balaban J connectivity index is 1.30. The van der Waals surface area contributed by atoms with E-state index in [1.807, 2.05) is 0 Å². The second-order valence-electron chi connectivity index (χ2n) is 7.03. The van der Waals surface area contributed by atoms with Gasteiger partial charge in [0.15, 0.2) is 0 Å². The van der Waals surface area contributed by atoms with Crippen molar-refractivity contribution in [2.75, 3.05) is 13.3 Å². The minimum atomic E-state index is -1.26. The van der Waals surface area contributed by atoms with E-state index < -0.39 is 39.6 Å². The van der Waals surface area contributed by atoms with Crippen molar-refractivity contribution in [1.82, 2.24) is 0 Å². The Morgan fingerprint density at radius 2 is 1.65 bits per heavy atom. The summed E-state index contributed by atoms with van der Waals surface area (Å²) in [6, 6.07) is 22.1. The maximum absolute atomic E-state index is 4.85. The van der Waals surface area contributed by atoms with E-state index in [2.05, 4.69) is 69.0 Å². The van der Waals surface area contributed by atoms with Crippen LogP contribution in [0.5, 0.6) is 0 Å². The van der Waals surface area contributed by atoms with Gasteiger partial charge < -0.3 is 0 Å². The number of hydrogen-bond donors (Lipinski definition) is 0. The molecule has 0 saturated carbocycles. The van der Waals surface area contributed by atoms with E-state index in [1.54, 1.807) is 4.43 Å². The molecule has 0 amide bonds. The van der Waals surface area contributed by atoms with Gasteiger partial charge in [-0.2, -0.15) is 0 Å². The number of halogens is 2. The van der Waals surface area contributed by atoms with Crippen LogP contribution in [0.3, 0.4) is 0 Å². The zero-order valence-corrected chi connectivity index (χ0v) is 19.5. The van der Waals surface area contributed by atoms with Gasteiger partial charge in [0, 0.05) is 0 Å². The first-order valence-corrected chi connectivity index (χ1v) is 17.6. The third-order valence-electron chi connectivity index (χ3n) is 5.04. The second kappa shape index (κ2) is 9.49. The van der Waals surface area contributed by atoms with Crippen LogP contribution in [-0.4, -0.2) is 17.5 Å². The fraction of sp³-hybridized carbons (Fsp3) is 0.348. The molecule has 2 heterocycles. The van der Waals surface area contributed by atoms with E-state index >= 15 is 0 Å². The molecule has 1 atom stereocenters. The summed E-state index contributed by atoms with van der Waals surface area (Å²) in [5.41, 5.74) is 2.98. The molecule has 0 bridgehead atoms. The first-order chi connectivity index (χ1) is 12.9. The molecule has 2 aromatic carbocycles. The van der Waals surface area contributed by atoms with Crippen LogP contribution in [0.25, 0.3) is 0 Å². The first kappa shape index (κ1) is 18.7. The van der Waals surface area contributed by atoms with Crippen LogP contribution >= 0.6 is 39.6 Å². The van der Waals surface area contributed by atoms with Gasteiger partial charge >= 0.3 is 173 Å². The van der Waals surface area contributed by atoms with Gasteiger partial charge in [0.2, 0.25) is 0 Å². The SMILES string of the molecule is C1=NC(CI2CCCC(Cc3ccccc3)CC2)=CI1c1ccccc1. The summed E-state index contributed by atoms with van der Waals surface area (Å²) in [7, 11) is 0. The number of hydrogen-bond acceptors (Lipinski definition) is 1. The molecule has 1 nitrogen and oxygen atoms in total. The van der Waals surface area contributed by atoms with Crippen molar-refractivity contribution < 1.29 is 0 Å². The molecule has 26 heavy (non-hydrogen) atoms. The molecule has 2 aromatic rings.